The van der Waals surface area contributed by atoms with Gasteiger partial charge < -0.3 is 5.32 Å². The van der Waals surface area contributed by atoms with Gasteiger partial charge in [-0.15, -0.1) is 0 Å². The maximum Gasteiger partial charge on any atom is 0.346 e. The molecule has 5 nitrogen and oxygen atoms in total. The van der Waals surface area contributed by atoms with Crippen molar-refractivity contribution in [1.29, 1.82) is 5.26 Å². The molecule has 1 amide bonds. The minimum atomic E-state index is -0.369. The summed E-state index contributed by atoms with van der Waals surface area (Å²) in [5.74, 6) is 0. The van der Waals surface area contributed by atoms with Crippen LogP contribution < -0.4 is 5.32 Å². The summed E-state index contributed by atoms with van der Waals surface area (Å²) in [5.41, 5.74) is 1.16. The summed E-state index contributed by atoms with van der Waals surface area (Å²) in [6, 6.07) is 9.74. The number of nitriles is 1. The van der Waals surface area contributed by atoms with E-state index in [1.54, 1.807) is 30.3 Å². The zero-order valence-corrected chi connectivity index (χ0v) is 8.21. The van der Waals surface area contributed by atoms with Crippen LogP contribution in [0.3, 0.4) is 0 Å². The predicted octanol–water partition coefficient (Wildman–Crippen LogP) is 1.64. The van der Waals surface area contributed by atoms with E-state index < -0.39 is 0 Å². The first-order valence-corrected chi connectivity index (χ1v) is 4.53. The molecule has 0 aliphatic heterocycles. The molecule has 0 bridgehead atoms. The van der Waals surface area contributed by atoms with E-state index in [1.165, 1.54) is 6.20 Å². The van der Waals surface area contributed by atoms with Gasteiger partial charge in [0.05, 0.1) is 11.6 Å². The van der Waals surface area contributed by atoms with Crippen LogP contribution in [0.25, 0.3) is 0 Å². The van der Waals surface area contributed by atoms with Crippen molar-refractivity contribution in [3.63, 3.8) is 0 Å². The molecular formula is C11H7N4O. The third-order valence-corrected chi connectivity index (χ3v) is 1.93. The zero-order valence-electron chi connectivity index (χ0n) is 8.21. The second kappa shape index (κ2) is 4.28. The molecule has 0 spiro atoms. The van der Waals surface area contributed by atoms with Gasteiger partial charge in [0.25, 0.3) is 0 Å². The Hall–Kier alpha value is -2.61. The van der Waals surface area contributed by atoms with Gasteiger partial charge in [-0.1, -0.05) is 0 Å². The summed E-state index contributed by atoms with van der Waals surface area (Å²) < 4.78 is 1.14. The molecule has 77 valence electrons. The number of benzene rings is 1. The van der Waals surface area contributed by atoms with Crippen LogP contribution in [0.2, 0.25) is 0 Å². The van der Waals surface area contributed by atoms with E-state index in [1.807, 2.05) is 6.07 Å². The van der Waals surface area contributed by atoms with Crippen LogP contribution in [0.5, 0.6) is 0 Å². The Morgan fingerprint density at radius 2 is 2.19 bits per heavy atom. The quantitative estimate of drug-likeness (QED) is 0.779. The van der Waals surface area contributed by atoms with E-state index in [-0.39, 0.29) is 6.03 Å². The Bertz CT molecular complexity index is 522. The Labute approximate surface area is 91.9 Å². The minimum absolute atomic E-state index is 0.369. The highest BCUT2D eigenvalue weighted by atomic mass is 16.2. The van der Waals surface area contributed by atoms with Gasteiger partial charge in [0.1, 0.15) is 6.20 Å². The fourth-order valence-electron chi connectivity index (χ4n) is 1.15. The fraction of sp³-hybridized carbons (Fsp3) is 0. The summed E-state index contributed by atoms with van der Waals surface area (Å²) in [7, 11) is 0. The summed E-state index contributed by atoms with van der Waals surface area (Å²) in [4.78, 5) is 11.5. The number of anilines is 1. The molecular weight excluding hydrogens is 204 g/mol. The van der Waals surface area contributed by atoms with Crippen molar-refractivity contribution in [3.8, 4) is 6.07 Å². The van der Waals surface area contributed by atoms with Gasteiger partial charge in [-0.3, -0.25) is 0 Å². The molecule has 1 N–H and O–H groups in total. The molecule has 1 heterocycles. The van der Waals surface area contributed by atoms with Crippen LogP contribution >= 0.6 is 0 Å². The second-order valence-corrected chi connectivity index (χ2v) is 3.01. The molecule has 1 aromatic heterocycles. The zero-order chi connectivity index (χ0) is 11.4. The van der Waals surface area contributed by atoms with Crippen LogP contribution in [0.4, 0.5) is 10.5 Å². The highest BCUT2D eigenvalue weighted by molar-refractivity contribution is 5.90. The van der Waals surface area contributed by atoms with Crippen molar-refractivity contribution in [3.05, 3.63) is 48.3 Å². The van der Waals surface area contributed by atoms with Gasteiger partial charge in [-0.25, -0.2) is 4.79 Å². The standard InChI is InChI=1S/C11H7N4O/c12-8-9-2-4-10(5-3-9)14-11(16)15-7-1-6-13-15/h1-5,7H,(H,14,16). The molecule has 1 aromatic carbocycles. The number of hydrogen-bond acceptors (Lipinski definition) is 3. The van der Waals surface area contributed by atoms with Crippen LogP contribution in [-0.2, 0) is 0 Å². The maximum absolute atomic E-state index is 11.5. The van der Waals surface area contributed by atoms with Crippen molar-refractivity contribution in [1.82, 2.24) is 9.78 Å². The first-order chi connectivity index (χ1) is 7.79. The highest BCUT2D eigenvalue weighted by Crippen LogP contribution is 2.08. The Morgan fingerprint density at radius 3 is 2.75 bits per heavy atom. The smallest absolute Gasteiger partial charge is 0.306 e. The summed E-state index contributed by atoms with van der Waals surface area (Å²) in [6.07, 6.45) is 4.02. The maximum atomic E-state index is 11.5. The molecule has 0 aliphatic rings. The van der Waals surface area contributed by atoms with Gasteiger partial charge in [-0.05, 0) is 30.3 Å². The lowest BCUT2D eigenvalue weighted by atomic mass is 10.2. The molecule has 0 aliphatic carbocycles. The van der Waals surface area contributed by atoms with E-state index in [9.17, 15) is 4.79 Å². The second-order valence-electron chi connectivity index (χ2n) is 3.01. The van der Waals surface area contributed by atoms with Gasteiger partial charge in [0.15, 0.2) is 0 Å². The number of rotatable bonds is 1. The summed E-state index contributed by atoms with van der Waals surface area (Å²) in [5, 5.41) is 14.9. The van der Waals surface area contributed by atoms with Crippen molar-refractivity contribution in [2.45, 2.75) is 0 Å². The van der Waals surface area contributed by atoms with Gasteiger partial charge >= 0.3 is 6.03 Å². The molecule has 16 heavy (non-hydrogen) atoms. The van der Waals surface area contributed by atoms with E-state index in [4.69, 9.17) is 5.26 Å². The van der Waals surface area contributed by atoms with Gasteiger partial charge in [0, 0.05) is 11.9 Å². The topological polar surface area (TPSA) is 70.7 Å². The number of nitrogens with zero attached hydrogens (tertiary/aromatic N) is 3. The molecule has 0 unspecified atom stereocenters. The van der Waals surface area contributed by atoms with Crippen LogP contribution in [-0.4, -0.2) is 15.8 Å². The molecule has 0 atom stereocenters. The summed E-state index contributed by atoms with van der Waals surface area (Å²) >= 11 is 0. The SMILES string of the molecule is N#Cc1ccc(NC(=O)n2cc[c]n2)cc1. The average molecular weight is 211 g/mol. The van der Waals surface area contributed by atoms with Crippen molar-refractivity contribution >= 4 is 11.7 Å². The van der Waals surface area contributed by atoms with Gasteiger partial charge in [-0.2, -0.15) is 15.0 Å². The third-order valence-electron chi connectivity index (χ3n) is 1.93. The van der Waals surface area contributed by atoms with Crippen LogP contribution in [0.15, 0.2) is 36.5 Å². The lowest BCUT2D eigenvalue weighted by Gasteiger charge is -2.03. The van der Waals surface area contributed by atoms with E-state index >= 15 is 0 Å². The molecule has 5 heteroatoms. The van der Waals surface area contributed by atoms with Crippen LogP contribution in [0.1, 0.15) is 5.56 Å². The third kappa shape index (κ3) is 2.07. The number of carbonyl (C=O) groups is 1. The van der Waals surface area contributed by atoms with E-state index in [2.05, 4.69) is 16.6 Å². The minimum Gasteiger partial charge on any atom is -0.306 e. The number of nitrogens with one attached hydrogen (secondary N) is 1. The first-order valence-electron chi connectivity index (χ1n) is 4.53. The number of amides is 1. The van der Waals surface area contributed by atoms with Crippen molar-refractivity contribution < 1.29 is 4.79 Å². The monoisotopic (exact) mass is 211 g/mol. The van der Waals surface area contributed by atoms with E-state index in [0.717, 1.165) is 4.68 Å². The molecule has 1 radical (unpaired) electrons. The largest absolute Gasteiger partial charge is 0.346 e. The number of carbonyl (C=O) groups excluding carboxylic acids is 1. The van der Waals surface area contributed by atoms with Crippen LogP contribution in [0, 0.1) is 17.5 Å². The average Bonchev–Trinajstić information content (AvgIpc) is 2.83. The normalized spacial score (nSPS) is 9.44. The molecule has 0 saturated carbocycles. The lowest BCUT2D eigenvalue weighted by molar-refractivity contribution is 0.251. The molecule has 2 aromatic rings. The van der Waals surface area contributed by atoms with Gasteiger partial charge in [0.2, 0.25) is 0 Å². The van der Waals surface area contributed by atoms with Crippen molar-refractivity contribution in [2.75, 3.05) is 5.32 Å². The molecule has 0 saturated heterocycles. The Balaban J connectivity index is 2.10. The first kappa shape index (κ1) is 9.93. The van der Waals surface area contributed by atoms with Crippen molar-refractivity contribution in [2.24, 2.45) is 0 Å². The van der Waals surface area contributed by atoms with E-state index in [0.29, 0.717) is 11.3 Å². The lowest BCUT2D eigenvalue weighted by Crippen LogP contribution is -2.19. The summed E-state index contributed by atoms with van der Waals surface area (Å²) in [6.45, 7) is 0. The number of hydrogen-bond donors (Lipinski definition) is 1. The Kier molecular flexibility index (Phi) is 2.65. The number of aromatic nitrogens is 2. The Morgan fingerprint density at radius 1 is 1.44 bits per heavy atom. The molecule has 0 fully saturated rings. The highest BCUT2D eigenvalue weighted by Gasteiger charge is 2.04. The fourth-order valence-corrected chi connectivity index (χ4v) is 1.15. The molecule has 2 rings (SSSR count). The predicted molar refractivity (Wildman–Crippen MR) is 56.6 cm³/mol.